The topological polar surface area (TPSA) is 81.4 Å². The number of nitrogens with two attached hydrogens (primary N) is 1. The Kier molecular flexibility index (Phi) is 5.34. The largest absolute Gasteiger partial charge is 0.494 e. The first-order valence-corrected chi connectivity index (χ1v) is 7.74. The molecule has 0 spiro atoms. The molecule has 0 amide bonds. The van der Waals surface area contributed by atoms with E-state index in [1.165, 1.54) is 12.1 Å². The lowest BCUT2D eigenvalue weighted by Crippen LogP contribution is -2.45. The van der Waals surface area contributed by atoms with Gasteiger partial charge in [-0.05, 0) is 44.5 Å². The molecule has 0 aliphatic heterocycles. The minimum Gasteiger partial charge on any atom is -0.494 e. The highest BCUT2D eigenvalue weighted by molar-refractivity contribution is 7.89. The van der Waals surface area contributed by atoms with Crippen molar-refractivity contribution >= 4 is 10.0 Å². The molecule has 0 aliphatic rings. The smallest absolute Gasteiger partial charge is 0.240 e. The van der Waals surface area contributed by atoms with Gasteiger partial charge in [-0.2, -0.15) is 0 Å². The summed E-state index contributed by atoms with van der Waals surface area (Å²) >= 11 is 0. The van der Waals surface area contributed by atoms with Gasteiger partial charge >= 0.3 is 0 Å². The molecule has 5 nitrogen and oxygen atoms in total. The van der Waals surface area contributed by atoms with Crippen LogP contribution in [0, 0.1) is 0 Å². The molecule has 6 heteroatoms. The molecule has 0 heterocycles. The van der Waals surface area contributed by atoms with Gasteiger partial charge in [-0.1, -0.05) is 6.92 Å². The van der Waals surface area contributed by atoms with Crippen molar-refractivity contribution in [2.45, 2.75) is 37.6 Å². The summed E-state index contributed by atoms with van der Waals surface area (Å²) in [6.45, 7) is 6.33. The average molecular weight is 286 g/mol. The van der Waals surface area contributed by atoms with E-state index in [2.05, 4.69) is 4.72 Å². The molecule has 0 saturated heterocycles. The van der Waals surface area contributed by atoms with E-state index in [4.69, 9.17) is 10.5 Å². The van der Waals surface area contributed by atoms with Crippen LogP contribution in [0.25, 0.3) is 0 Å². The second kappa shape index (κ2) is 6.36. The molecule has 19 heavy (non-hydrogen) atoms. The van der Waals surface area contributed by atoms with Crippen LogP contribution in [0.2, 0.25) is 0 Å². The quantitative estimate of drug-likeness (QED) is 0.795. The molecular weight excluding hydrogens is 264 g/mol. The van der Waals surface area contributed by atoms with Crippen molar-refractivity contribution < 1.29 is 13.2 Å². The highest BCUT2D eigenvalue weighted by atomic mass is 32.2. The Morgan fingerprint density at radius 3 is 2.32 bits per heavy atom. The molecule has 1 aromatic rings. The second-order valence-electron chi connectivity index (χ2n) is 5.13. The zero-order chi connectivity index (χ0) is 14.5. The molecule has 1 rings (SSSR count). The van der Waals surface area contributed by atoms with E-state index in [-0.39, 0.29) is 11.4 Å². The summed E-state index contributed by atoms with van der Waals surface area (Å²) in [5.74, 6) is 0.667. The lowest BCUT2D eigenvalue weighted by Gasteiger charge is -2.19. The predicted molar refractivity (Wildman–Crippen MR) is 75.7 cm³/mol. The normalized spacial score (nSPS) is 12.4. The zero-order valence-electron chi connectivity index (χ0n) is 11.6. The summed E-state index contributed by atoms with van der Waals surface area (Å²) in [7, 11) is -3.52. The van der Waals surface area contributed by atoms with Gasteiger partial charge < -0.3 is 10.5 Å². The van der Waals surface area contributed by atoms with E-state index in [9.17, 15) is 8.42 Å². The van der Waals surface area contributed by atoms with Crippen LogP contribution in [0.5, 0.6) is 5.75 Å². The van der Waals surface area contributed by atoms with Crippen LogP contribution in [-0.4, -0.2) is 27.1 Å². The Balaban J connectivity index is 2.73. The van der Waals surface area contributed by atoms with Gasteiger partial charge in [0, 0.05) is 12.1 Å². The van der Waals surface area contributed by atoms with Crippen LogP contribution in [0.4, 0.5) is 0 Å². The van der Waals surface area contributed by atoms with Crippen molar-refractivity contribution in [1.29, 1.82) is 0 Å². The summed E-state index contributed by atoms with van der Waals surface area (Å²) in [6, 6.07) is 6.35. The third-order valence-corrected chi connectivity index (χ3v) is 3.74. The molecule has 3 N–H and O–H groups in total. The van der Waals surface area contributed by atoms with Gasteiger partial charge in [-0.3, -0.25) is 0 Å². The monoisotopic (exact) mass is 286 g/mol. The van der Waals surface area contributed by atoms with Gasteiger partial charge in [0.25, 0.3) is 0 Å². The first-order chi connectivity index (χ1) is 8.74. The zero-order valence-corrected chi connectivity index (χ0v) is 12.5. The molecule has 0 saturated carbocycles. The molecule has 0 radical (unpaired) electrons. The third-order valence-electron chi connectivity index (χ3n) is 2.32. The van der Waals surface area contributed by atoms with E-state index < -0.39 is 15.6 Å². The van der Waals surface area contributed by atoms with Gasteiger partial charge in [-0.15, -0.1) is 0 Å². The first-order valence-electron chi connectivity index (χ1n) is 6.26. The van der Waals surface area contributed by atoms with E-state index in [0.717, 1.165) is 6.42 Å². The van der Waals surface area contributed by atoms with Crippen LogP contribution in [0.15, 0.2) is 29.2 Å². The number of rotatable bonds is 7. The van der Waals surface area contributed by atoms with Crippen molar-refractivity contribution in [1.82, 2.24) is 4.72 Å². The number of hydrogen-bond donors (Lipinski definition) is 2. The molecule has 1 aromatic carbocycles. The van der Waals surface area contributed by atoms with Crippen LogP contribution < -0.4 is 15.2 Å². The standard InChI is InChI=1S/C13H22N2O3S/c1-4-9-18-11-5-7-12(8-6-11)19(16,17)15-10-13(2,3)14/h5-8,15H,4,9-10,14H2,1-3H3. The van der Waals surface area contributed by atoms with Gasteiger partial charge in [0.15, 0.2) is 0 Å². The summed E-state index contributed by atoms with van der Waals surface area (Å²) in [5, 5.41) is 0. The van der Waals surface area contributed by atoms with Crippen molar-refractivity contribution in [3.05, 3.63) is 24.3 Å². The van der Waals surface area contributed by atoms with Gasteiger partial charge in [-0.25, -0.2) is 13.1 Å². The minimum atomic E-state index is -3.52. The molecule has 0 bridgehead atoms. The van der Waals surface area contributed by atoms with E-state index in [1.807, 2.05) is 6.92 Å². The summed E-state index contributed by atoms with van der Waals surface area (Å²) in [5.41, 5.74) is 5.17. The number of sulfonamides is 1. The average Bonchev–Trinajstić information content (AvgIpc) is 2.34. The summed E-state index contributed by atoms with van der Waals surface area (Å²) < 4.78 is 31.9. The maximum absolute atomic E-state index is 12.0. The van der Waals surface area contributed by atoms with Crippen molar-refractivity contribution in [2.24, 2.45) is 5.73 Å². The second-order valence-corrected chi connectivity index (χ2v) is 6.90. The van der Waals surface area contributed by atoms with Crippen LogP contribution in [0.1, 0.15) is 27.2 Å². The van der Waals surface area contributed by atoms with Crippen LogP contribution >= 0.6 is 0 Å². The van der Waals surface area contributed by atoms with Crippen LogP contribution in [-0.2, 0) is 10.0 Å². The Morgan fingerprint density at radius 1 is 1.26 bits per heavy atom. The highest BCUT2D eigenvalue weighted by Crippen LogP contribution is 2.16. The van der Waals surface area contributed by atoms with E-state index in [0.29, 0.717) is 12.4 Å². The number of benzene rings is 1. The molecule has 0 aliphatic carbocycles. The molecule has 0 atom stereocenters. The number of hydrogen-bond acceptors (Lipinski definition) is 4. The number of nitrogens with one attached hydrogen (secondary N) is 1. The summed E-state index contributed by atoms with van der Waals surface area (Å²) in [4.78, 5) is 0.209. The van der Waals surface area contributed by atoms with Crippen molar-refractivity contribution in [3.63, 3.8) is 0 Å². The van der Waals surface area contributed by atoms with E-state index in [1.54, 1.807) is 26.0 Å². The van der Waals surface area contributed by atoms with Crippen molar-refractivity contribution in [3.8, 4) is 5.75 Å². The Morgan fingerprint density at radius 2 is 1.84 bits per heavy atom. The fourth-order valence-electron chi connectivity index (χ4n) is 1.30. The lowest BCUT2D eigenvalue weighted by molar-refractivity contribution is 0.317. The third kappa shape index (κ3) is 5.59. The highest BCUT2D eigenvalue weighted by Gasteiger charge is 2.18. The van der Waals surface area contributed by atoms with Crippen LogP contribution in [0.3, 0.4) is 0 Å². The molecule has 0 unspecified atom stereocenters. The predicted octanol–water partition coefficient (Wildman–Crippen LogP) is 1.49. The maximum Gasteiger partial charge on any atom is 0.240 e. The number of ether oxygens (including phenoxy) is 1. The Hall–Kier alpha value is -1.11. The summed E-state index contributed by atoms with van der Waals surface area (Å²) in [6.07, 6.45) is 0.910. The maximum atomic E-state index is 12.0. The van der Waals surface area contributed by atoms with Gasteiger partial charge in [0.1, 0.15) is 5.75 Å². The minimum absolute atomic E-state index is 0.184. The SMILES string of the molecule is CCCOc1ccc(S(=O)(=O)NCC(C)(C)N)cc1. The lowest BCUT2D eigenvalue weighted by atomic mass is 10.1. The molecule has 0 fully saturated rings. The molecular formula is C13H22N2O3S. The first kappa shape index (κ1) is 15.9. The molecule has 0 aromatic heterocycles. The van der Waals surface area contributed by atoms with Gasteiger partial charge in [0.2, 0.25) is 10.0 Å². The molecule has 108 valence electrons. The Bertz CT molecular complexity index is 490. The Labute approximate surface area is 115 Å². The van der Waals surface area contributed by atoms with Crippen molar-refractivity contribution in [2.75, 3.05) is 13.2 Å². The van der Waals surface area contributed by atoms with Gasteiger partial charge in [0.05, 0.1) is 11.5 Å². The van der Waals surface area contributed by atoms with E-state index >= 15 is 0 Å². The fraction of sp³-hybridized carbons (Fsp3) is 0.538. The fourth-order valence-corrected chi connectivity index (χ4v) is 2.52.